The zero-order valence-corrected chi connectivity index (χ0v) is 11.5. The maximum atomic E-state index is 13.4. The van der Waals surface area contributed by atoms with Crippen LogP contribution in [0.3, 0.4) is 0 Å². The van der Waals surface area contributed by atoms with Gasteiger partial charge in [-0.05, 0) is 26.0 Å². The fraction of sp³-hybridized carbons (Fsp3) is 0.357. The second-order valence-corrected chi connectivity index (χ2v) is 4.44. The highest BCUT2D eigenvalue weighted by atomic mass is 19.2. The maximum absolute atomic E-state index is 13.4. The Bertz CT molecular complexity index is 517. The average Bonchev–Trinajstić information content (AvgIpc) is 2.40. The number of carbonyl (C=O) groups excluding carboxylic acids is 1. The Labute approximate surface area is 116 Å². The smallest absolute Gasteiger partial charge is 0.242 e. The second-order valence-electron chi connectivity index (χ2n) is 4.44. The van der Waals surface area contributed by atoms with E-state index in [0.29, 0.717) is 13.1 Å². The van der Waals surface area contributed by atoms with Crippen LogP contribution in [0.5, 0.6) is 0 Å². The molecule has 0 saturated heterocycles. The summed E-state index contributed by atoms with van der Waals surface area (Å²) in [5.41, 5.74) is 0.572. The first-order valence-corrected chi connectivity index (χ1v) is 6.16. The number of carbonyl (C=O) groups is 1. The summed E-state index contributed by atoms with van der Waals surface area (Å²) in [4.78, 5) is 13.4. The minimum atomic E-state index is -1.56. The first kappa shape index (κ1) is 16.1. The van der Waals surface area contributed by atoms with E-state index in [9.17, 15) is 18.0 Å². The lowest BCUT2D eigenvalue weighted by Crippen LogP contribution is -2.36. The summed E-state index contributed by atoms with van der Waals surface area (Å²) in [7, 11) is 0. The molecule has 1 aromatic carbocycles. The van der Waals surface area contributed by atoms with E-state index in [2.05, 4.69) is 11.9 Å². The number of nitrogens with one attached hydrogen (secondary N) is 1. The summed E-state index contributed by atoms with van der Waals surface area (Å²) < 4.78 is 39.2. The number of amides is 1. The highest BCUT2D eigenvalue weighted by Gasteiger charge is 2.15. The van der Waals surface area contributed by atoms with Gasteiger partial charge in [-0.2, -0.15) is 0 Å². The standard InChI is InChI=1S/C14H17F3N2O/c1-4-19(8-9(2)3)12(20)7-18-11-6-5-10(15)13(16)14(11)17/h5-6,18H,2,4,7-8H2,1,3H3. The highest BCUT2D eigenvalue weighted by Crippen LogP contribution is 2.19. The van der Waals surface area contributed by atoms with Crippen LogP contribution in [-0.2, 0) is 4.79 Å². The van der Waals surface area contributed by atoms with Gasteiger partial charge in [0.2, 0.25) is 5.91 Å². The molecule has 6 heteroatoms. The molecule has 1 amide bonds. The molecule has 0 radical (unpaired) electrons. The number of nitrogens with zero attached hydrogens (tertiary/aromatic N) is 1. The van der Waals surface area contributed by atoms with Gasteiger partial charge in [0.1, 0.15) is 0 Å². The van der Waals surface area contributed by atoms with E-state index in [1.807, 2.05) is 0 Å². The van der Waals surface area contributed by atoms with E-state index in [1.165, 1.54) is 4.90 Å². The first-order chi connectivity index (χ1) is 9.36. The summed E-state index contributed by atoms with van der Waals surface area (Å²) in [5.74, 6) is -4.44. The molecule has 0 heterocycles. The molecule has 0 bridgehead atoms. The van der Waals surface area contributed by atoms with Crippen LogP contribution in [-0.4, -0.2) is 30.4 Å². The average molecular weight is 286 g/mol. The maximum Gasteiger partial charge on any atom is 0.242 e. The second kappa shape index (κ2) is 6.98. The van der Waals surface area contributed by atoms with Crippen LogP contribution in [0.4, 0.5) is 18.9 Å². The number of anilines is 1. The highest BCUT2D eigenvalue weighted by molar-refractivity contribution is 5.81. The van der Waals surface area contributed by atoms with E-state index < -0.39 is 17.5 Å². The molecule has 1 N–H and O–H groups in total. The van der Waals surface area contributed by atoms with Gasteiger partial charge in [-0.15, -0.1) is 0 Å². The molecule has 0 atom stereocenters. The fourth-order valence-corrected chi connectivity index (χ4v) is 1.65. The van der Waals surface area contributed by atoms with Crippen LogP contribution >= 0.6 is 0 Å². The normalized spacial score (nSPS) is 10.2. The monoisotopic (exact) mass is 286 g/mol. The van der Waals surface area contributed by atoms with Crippen molar-refractivity contribution in [1.82, 2.24) is 4.90 Å². The Balaban J connectivity index is 2.69. The summed E-state index contributed by atoms with van der Waals surface area (Å²) in [5, 5.41) is 2.47. The Morgan fingerprint density at radius 1 is 1.30 bits per heavy atom. The van der Waals surface area contributed by atoms with Crippen molar-refractivity contribution >= 4 is 11.6 Å². The van der Waals surface area contributed by atoms with Crippen LogP contribution in [0.15, 0.2) is 24.3 Å². The summed E-state index contributed by atoms with van der Waals surface area (Å²) in [6.07, 6.45) is 0. The van der Waals surface area contributed by atoms with Crippen LogP contribution in [0, 0.1) is 17.5 Å². The van der Waals surface area contributed by atoms with Crippen LogP contribution in [0.1, 0.15) is 13.8 Å². The van der Waals surface area contributed by atoms with Crippen molar-refractivity contribution in [2.45, 2.75) is 13.8 Å². The lowest BCUT2D eigenvalue weighted by molar-refractivity contribution is -0.128. The minimum Gasteiger partial charge on any atom is -0.374 e. The Morgan fingerprint density at radius 3 is 2.50 bits per heavy atom. The number of hydrogen-bond acceptors (Lipinski definition) is 2. The van der Waals surface area contributed by atoms with E-state index >= 15 is 0 Å². The Kier molecular flexibility index (Phi) is 5.61. The van der Waals surface area contributed by atoms with Crippen LogP contribution in [0.25, 0.3) is 0 Å². The lowest BCUT2D eigenvalue weighted by atomic mass is 10.2. The molecule has 0 aliphatic carbocycles. The zero-order chi connectivity index (χ0) is 15.3. The van der Waals surface area contributed by atoms with E-state index in [0.717, 1.165) is 17.7 Å². The van der Waals surface area contributed by atoms with Crippen LogP contribution in [0.2, 0.25) is 0 Å². The van der Waals surface area contributed by atoms with Gasteiger partial charge in [-0.1, -0.05) is 12.2 Å². The molecule has 3 nitrogen and oxygen atoms in total. The third kappa shape index (κ3) is 4.01. The molecule has 0 saturated carbocycles. The van der Waals surface area contributed by atoms with E-state index in [1.54, 1.807) is 13.8 Å². The van der Waals surface area contributed by atoms with Crippen molar-refractivity contribution in [3.63, 3.8) is 0 Å². The van der Waals surface area contributed by atoms with Crippen molar-refractivity contribution in [3.8, 4) is 0 Å². The SMILES string of the molecule is C=C(C)CN(CC)C(=O)CNc1ccc(F)c(F)c1F. The van der Waals surface area contributed by atoms with Crippen molar-refractivity contribution < 1.29 is 18.0 Å². The van der Waals surface area contributed by atoms with Crippen molar-refractivity contribution in [2.24, 2.45) is 0 Å². The summed E-state index contributed by atoms with van der Waals surface area (Å²) >= 11 is 0. The molecule has 0 spiro atoms. The van der Waals surface area contributed by atoms with Gasteiger partial charge in [0, 0.05) is 13.1 Å². The minimum absolute atomic E-state index is 0.205. The molecule has 110 valence electrons. The molecule has 20 heavy (non-hydrogen) atoms. The fourth-order valence-electron chi connectivity index (χ4n) is 1.65. The molecule has 0 unspecified atom stereocenters. The largest absolute Gasteiger partial charge is 0.374 e. The van der Waals surface area contributed by atoms with Gasteiger partial charge in [-0.3, -0.25) is 4.79 Å². The lowest BCUT2D eigenvalue weighted by Gasteiger charge is -2.21. The molecule has 0 fully saturated rings. The molecule has 0 aliphatic rings. The number of benzene rings is 1. The van der Waals surface area contributed by atoms with Crippen molar-refractivity contribution in [2.75, 3.05) is 25.0 Å². The van der Waals surface area contributed by atoms with Gasteiger partial charge < -0.3 is 10.2 Å². The molecule has 0 aromatic heterocycles. The van der Waals surface area contributed by atoms with Gasteiger partial charge in [0.05, 0.1) is 12.2 Å². The molecular formula is C14H17F3N2O. The quantitative estimate of drug-likeness (QED) is 0.644. The molecule has 0 aliphatic heterocycles. The van der Waals surface area contributed by atoms with Gasteiger partial charge in [0.25, 0.3) is 0 Å². The predicted molar refractivity (Wildman–Crippen MR) is 71.9 cm³/mol. The summed E-state index contributed by atoms with van der Waals surface area (Å²) in [6.45, 7) is 7.98. The van der Waals surface area contributed by atoms with Gasteiger partial charge in [-0.25, -0.2) is 13.2 Å². The van der Waals surface area contributed by atoms with Crippen molar-refractivity contribution in [3.05, 3.63) is 41.7 Å². The topological polar surface area (TPSA) is 32.3 Å². The first-order valence-electron chi connectivity index (χ1n) is 6.16. The third-order valence-corrected chi connectivity index (χ3v) is 2.66. The van der Waals surface area contributed by atoms with Gasteiger partial charge in [0.15, 0.2) is 17.5 Å². The van der Waals surface area contributed by atoms with Crippen molar-refractivity contribution in [1.29, 1.82) is 0 Å². The third-order valence-electron chi connectivity index (χ3n) is 2.66. The number of rotatable bonds is 6. The Hall–Kier alpha value is -1.98. The van der Waals surface area contributed by atoms with E-state index in [-0.39, 0.29) is 18.1 Å². The molecule has 1 rings (SSSR count). The predicted octanol–water partition coefficient (Wildman–Crippen LogP) is 2.94. The molecular weight excluding hydrogens is 269 g/mol. The number of likely N-dealkylation sites (N-methyl/N-ethyl adjacent to an activating group) is 1. The number of halogens is 3. The van der Waals surface area contributed by atoms with E-state index in [4.69, 9.17) is 0 Å². The number of hydrogen-bond donors (Lipinski definition) is 1. The Morgan fingerprint density at radius 2 is 1.95 bits per heavy atom. The van der Waals surface area contributed by atoms with Gasteiger partial charge >= 0.3 is 0 Å². The molecule has 1 aromatic rings. The summed E-state index contributed by atoms with van der Waals surface area (Å²) in [6, 6.07) is 1.85. The van der Waals surface area contributed by atoms with Crippen LogP contribution < -0.4 is 5.32 Å². The zero-order valence-electron chi connectivity index (χ0n) is 11.5.